The van der Waals surface area contributed by atoms with Crippen molar-refractivity contribution in [2.75, 3.05) is 0 Å². The topological polar surface area (TPSA) is 42.0 Å². The molecule has 3 nitrogen and oxygen atoms in total. The van der Waals surface area contributed by atoms with Crippen LogP contribution in [0.25, 0.3) is 0 Å². The van der Waals surface area contributed by atoms with Crippen LogP contribution in [0.2, 0.25) is 0 Å². The molecule has 15 heavy (non-hydrogen) atoms. The summed E-state index contributed by atoms with van der Waals surface area (Å²) in [7, 11) is 0. The standard InChI is InChI=1S/C11H13FN2O/c12-10-7-13-6-5-9(10)11(15)14-8-3-1-2-4-8/h5-8H,1-4H2,(H,14,15). The SMILES string of the molecule is O=C(NC1CCCC1)c1ccncc1F. The summed E-state index contributed by atoms with van der Waals surface area (Å²) in [6, 6.07) is 1.62. The molecule has 1 amide bonds. The monoisotopic (exact) mass is 208 g/mol. The zero-order valence-electron chi connectivity index (χ0n) is 8.37. The number of carbonyl (C=O) groups is 1. The van der Waals surface area contributed by atoms with Crippen molar-refractivity contribution in [3.63, 3.8) is 0 Å². The van der Waals surface area contributed by atoms with Gasteiger partial charge in [0.15, 0.2) is 5.82 Å². The second kappa shape index (κ2) is 4.38. The van der Waals surface area contributed by atoms with Gasteiger partial charge < -0.3 is 5.32 Å². The van der Waals surface area contributed by atoms with Crippen molar-refractivity contribution < 1.29 is 9.18 Å². The predicted octanol–water partition coefficient (Wildman–Crippen LogP) is 1.89. The molecule has 0 spiro atoms. The molecule has 0 radical (unpaired) electrons. The average Bonchev–Trinajstić information content (AvgIpc) is 2.71. The smallest absolute Gasteiger partial charge is 0.254 e. The molecule has 0 aliphatic heterocycles. The molecule has 0 bridgehead atoms. The van der Waals surface area contributed by atoms with Crippen LogP contribution >= 0.6 is 0 Å². The summed E-state index contributed by atoms with van der Waals surface area (Å²) in [6.07, 6.45) is 6.76. The maximum absolute atomic E-state index is 13.2. The molecule has 1 heterocycles. The molecule has 0 atom stereocenters. The molecular weight excluding hydrogens is 195 g/mol. The Hall–Kier alpha value is -1.45. The molecule has 1 aromatic rings. The summed E-state index contributed by atoms with van der Waals surface area (Å²) in [5, 5.41) is 2.83. The van der Waals surface area contributed by atoms with E-state index in [0.717, 1.165) is 31.9 Å². The highest BCUT2D eigenvalue weighted by atomic mass is 19.1. The Morgan fingerprint density at radius 2 is 2.20 bits per heavy atom. The third-order valence-corrected chi connectivity index (χ3v) is 2.71. The maximum Gasteiger partial charge on any atom is 0.254 e. The fourth-order valence-electron chi connectivity index (χ4n) is 1.89. The normalized spacial score (nSPS) is 16.6. The summed E-state index contributed by atoms with van der Waals surface area (Å²) < 4.78 is 13.2. The lowest BCUT2D eigenvalue weighted by Gasteiger charge is -2.11. The Labute approximate surface area is 87.7 Å². The van der Waals surface area contributed by atoms with Gasteiger partial charge in [-0.15, -0.1) is 0 Å². The van der Waals surface area contributed by atoms with Crippen molar-refractivity contribution >= 4 is 5.91 Å². The molecule has 0 unspecified atom stereocenters. The molecule has 0 aromatic carbocycles. The highest BCUT2D eigenvalue weighted by Crippen LogP contribution is 2.18. The van der Waals surface area contributed by atoms with Crippen molar-refractivity contribution in [2.45, 2.75) is 31.7 Å². The quantitative estimate of drug-likeness (QED) is 0.806. The van der Waals surface area contributed by atoms with E-state index >= 15 is 0 Å². The second-order valence-electron chi connectivity index (χ2n) is 3.81. The first-order valence-electron chi connectivity index (χ1n) is 5.18. The Balaban J connectivity index is 2.04. The van der Waals surface area contributed by atoms with Gasteiger partial charge in [-0.2, -0.15) is 0 Å². The molecule has 1 N–H and O–H groups in total. The fourth-order valence-corrected chi connectivity index (χ4v) is 1.89. The van der Waals surface area contributed by atoms with Gasteiger partial charge in [0, 0.05) is 12.2 Å². The van der Waals surface area contributed by atoms with Gasteiger partial charge in [0.25, 0.3) is 5.91 Å². The third-order valence-electron chi connectivity index (χ3n) is 2.71. The summed E-state index contributed by atoms with van der Waals surface area (Å²) in [4.78, 5) is 15.2. The minimum absolute atomic E-state index is 0.0805. The largest absolute Gasteiger partial charge is 0.349 e. The molecule has 1 aliphatic carbocycles. The van der Waals surface area contributed by atoms with E-state index in [9.17, 15) is 9.18 Å². The lowest BCUT2D eigenvalue weighted by Crippen LogP contribution is -2.33. The number of hydrogen-bond acceptors (Lipinski definition) is 2. The highest BCUT2D eigenvalue weighted by Gasteiger charge is 2.19. The van der Waals surface area contributed by atoms with Crippen LogP contribution in [0, 0.1) is 5.82 Å². The number of aromatic nitrogens is 1. The minimum Gasteiger partial charge on any atom is -0.349 e. The Kier molecular flexibility index (Phi) is 2.94. The molecule has 1 fully saturated rings. The van der Waals surface area contributed by atoms with Crippen LogP contribution < -0.4 is 5.32 Å². The summed E-state index contributed by atoms with van der Waals surface area (Å²) in [5.74, 6) is -0.894. The number of pyridine rings is 1. The first-order valence-corrected chi connectivity index (χ1v) is 5.18. The van der Waals surface area contributed by atoms with Crippen LogP contribution in [0.5, 0.6) is 0 Å². The number of nitrogens with zero attached hydrogens (tertiary/aromatic N) is 1. The highest BCUT2D eigenvalue weighted by molar-refractivity contribution is 5.94. The Morgan fingerprint density at radius 3 is 2.87 bits per heavy atom. The van der Waals surface area contributed by atoms with Crippen molar-refractivity contribution in [1.29, 1.82) is 0 Å². The predicted molar refractivity (Wildman–Crippen MR) is 53.9 cm³/mol. The summed E-state index contributed by atoms with van der Waals surface area (Å²) >= 11 is 0. The molecule has 1 saturated carbocycles. The van der Waals surface area contributed by atoms with Gasteiger partial charge in [0.1, 0.15) is 0 Å². The average molecular weight is 208 g/mol. The minimum atomic E-state index is -0.562. The van der Waals surface area contributed by atoms with Gasteiger partial charge in [-0.1, -0.05) is 12.8 Å². The van der Waals surface area contributed by atoms with E-state index in [1.54, 1.807) is 0 Å². The number of nitrogens with one attached hydrogen (secondary N) is 1. The van der Waals surface area contributed by atoms with Crippen molar-refractivity contribution in [2.24, 2.45) is 0 Å². The van der Waals surface area contributed by atoms with Gasteiger partial charge in [-0.3, -0.25) is 9.78 Å². The van der Waals surface area contributed by atoms with E-state index in [1.807, 2.05) is 0 Å². The van der Waals surface area contributed by atoms with Crippen molar-refractivity contribution in [3.8, 4) is 0 Å². The van der Waals surface area contributed by atoms with Gasteiger partial charge in [-0.05, 0) is 18.9 Å². The van der Waals surface area contributed by atoms with Crippen LogP contribution in [0.1, 0.15) is 36.0 Å². The number of carbonyl (C=O) groups excluding carboxylic acids is 1. The molecule has 4 heteroatoms. The molecule has 2 rings (SSSR count). The molecule has 1 aliphatic rings. The third kappa shape index (κ3) is 2.32. The van der Waals surface area contributed by atoms with E-state index in [1.165, 1.54) is 12.3 Å². The number of rotatable bonds is 2. The molecule has 1 aromatic heterocycles. The Morgan fingerprint density at radius 1 is 1.47 bits per heavy atom. The fraction of sp³-hybridized carbons (Fsp3) is 0.455. The van der Waals surface area contributed by atoms with Gasteiger partial charge in [-0.25, -0.2) is 4.39 Å². The van der Waals surface area contributed by atoms with Crippen LogP contribution in [0.3, 0.4) is 0 Å². The lowest BCUT2D eigenvalue weighted by atomic mass is 10.2. The van der Waals surface area contributed by atoms with Crippen LogP contribution in [-0.2, 0) is 0 Å². The van der Waals surface area contributed by atoms with E-state index < -0.39 is 5.82 Å². The van der Waals surface area contributed by atoms with Crippen LogP contribution in [0.15, 0.2) is 18.5 Å². The van der Waals surface area contributed by atoms with Crippen molar-refractivity contribution in [3.05, 3.63) is 29.8 Å². The van der Waals surface area contributed by atoms with Gasteiger partial charge in [0.05, 0.1) is 11.8 Å². The van der Waals surface area contributed by atoms with E-state index in [0.29, 0.717) is 0 Å². The van der Waals surface area contributed by atoms with Crippen molar-refractivity contribution in [1.82, 2.24) is 10.3 Å². The van der Waals surface area contributed by atoms with Gasteiger partial charge >= 0.3 is 0 Å². The second-order valence-corrected chi connectivity index (χ2v) is 3.81. The maximum atomic E-state index is 13.2. The zero-order valence-corrected chi connectivity index (χ0v) is 8.37. The summed E-state index contributed by atoms with van der Waals surface area (Å²) in [6.45, 7) is 0. The van der Waals surface area contributed by atoms with Gasteiger partial charge in [0.2, 0.25) is 0 Å². The molecular formula is C11H13FN2O. The number of halogens is 1. The van der Waals surface area contributed by atoms with E-state index in [2.05, 4.69) is 10.3 Å². The first kappa shape index (κ1) is 10.1. The number of amides is 1. The zero-order chi connectivity index (χ0) is 10.7. The summed E-state index contributed by atoms with van der Waals surface area (Å²) in [5.41, 5.74) is 0.0805. The van der Waals surface area contributed by atoms with E-state index in [4.69, 9.17) is 0 Å². The van der Waals surface area contributed by atoms with Crippen LogP contribution in [-0.4, -0.2) is 16.9 Å². The Bertz CT molecular complexity index is 361. The van der Waals surface area contributed by atoms with E-state index in [-0.39, 0.29) is 17.5 Å². The lowest BCUT2D eigenvalue weighted by molar-refractivity contribution is 0.0933. The number of hydrogen-bond donors (Lipinski definition) is 1. The first-order chi connectivity index (χ1) is 7.27. The molecule has 0 saturated heterocycles. The molecule has 80 valence electrons. The van der Waals surface area contributed by atoms with Crippen LogP contribution in [0.4, 0.5) is 4.39 Å².